The summed E-state index contributed by atoms with van der Waals surface area (Å²) in [5.74, 6) is -0.225. The zero-order valence-electron chi connectivity index (χ0n) is 12.7. The van der Waals surface area contributed by atoms with Crippen molar-refractivity contribution in [2.75, 3.05) is 0 Å². The number of aliphatic hydroxyl groups excluding tert-OH is 1. The molecule has 0 radical (unpaired) electrons. The fourth-order valence-electron chi connectivity index (χ4n) is 2.10. The molecule has 1 rings (SSSR count). The maximum Gasteiger partial charge on any atom is 0.408 e. The second-order valence-electron chi connectivity index (χ2n) is 6.38. The van der Waals surface area contributed by atoms with Crippen molar-refractivity contribution < 1.29 is 19.4 Å². The smallest absolute Gasteiger partial charge is 0.408 e. The molecule has 20 heavy (non-hydrogen) atoms. The van der Waals surface area contributed by atoms with E-state index in [1.165, 1.54) is 0 Å². The molecular weight excluding hydrogens is 260 g/mol. The predicted octanol–water partition coefficient (Wildman–Crippen LogP) is 1.32. The molecule has 3 N–H and O–H groups in total. The van der Waals surface area contributed by atoms with E-state index in [1.54, 1.807) is 27.7 Å². The van der Waals surface area contributed by atoms with E-state index >= 15 is 0 Å². The van der Waals surface area contributed by atoms with E-state index in [4.69, 9.17) is 4.74 Å². The van der Waals surface area contributed by atoms with Crippen molar-refractivity contribution in [2.45, 2.75) is 77.2 Å². The van der Waals surface area contributed by atoms with E-state index in [9.17, 15) is 14.7 Å². The molecule has 0 aromatic heterocycles. The zero-order chi connectivity index (χ0) is 15.3. The Morgan fingerprint density at radius 2 is 1.75 bits per heavy atom. The van der Waals surface area contributed by atoms with Crippen LogP contribution < -0.4 is 10.6 Å². The Labute approximate surface area is 120 Å². The Morgan fingerprint density at radius 3 is 2.25 bits per heavy atom. The van der Waals surface area contributed by atoms with Crippen LogP contribution in [0.4, 0.5) is 4.79 Å². The largest absolute Gasteiger partial charge is 0.444 e. The van der Waals surface area contributed by atoms with E-state index in [0.717, 1.165) is 12.8 Å². The maximum atomic E-state index is 11.9. The molecule has 0 aromatic rings. The predicted molar refractivity (Wildman–Crippen MR) is 75.2 cm³/mol. The number of aliphatic hydroxyl groups is 1. The minimum atomic E-state index is -0.642. The van der Waals surface area contributed by atoms with Gasteiger partial charge < -0.3 is 20.5 Å². The molecule has 1 aliphatic rings. The van der Waals surface area contributed by atoms with Gasteiger partial charge in [-0.25, -0.2) is 4.79 Å². The first-order chi connectivity index (χ1) is 9.17. The normalized spacial score (nSPS) is 24.6. The summed E-state index contributed by atoms with van der Waals surface area (Å²) >= 11 is 0. The molecule has 0 bridgehead atoms. The summed E-state index contributed by atoms with van der Waals surface area (Å²) in [4.78, 5) is 23.5. The van der Waals surface area contributed by atoms with Gasteiger partial charge in [-0.15, -0.1) is 0 Å². The number of nitrogens with one attached hydrogen (secondary N) is 2. The fraction of sp³-hybridized carbons (Fsp3) is 0.857. The Bertz CT molecular complexity index is 344. The third kappa shape index (κ3) is 6.23. The zero-order valence-corrected chi connectivity index (χ0v) is 12.7. The van der Waals surface area contributed by atoms with Gasteiger partial charge in [0.1, 0.15) is 11.6 Å². The third-order valence-corrected chi connectivity index (χ3v) is 3.17. The molecule has 1 aliphatic carbocycles. The molecule has 6 nitrogen and oxygen atoms in total. The number of amides is 2. The number of rotatable bonds is 3. The quantitative estimate of drug-likeness (QED) is 0.730. The highest BCUT2D eigenvalue weighted by Gasteiger charge is 2.25. The molecular formula is C14H26N2O4. The molecule has 0 heterocycles. The van der Waals surface area contributed by atoms with Gasteiger partial charge in [-0.05, 0) is 53.4 Å². The first-order valence-corrected chi connectivity index (χ1v) is 7.15. The van der Waals surface area contributed by atoms with Crippen molar-refractivity contribution in [3.05, 3.63) is 0 Å². The SMILES string of the molecule is CC(NC(=O)OC(C)(C)C)C(=O)NC1CCC(O)CC1. The van der Waals surface area contributed by atoms with Crippen molar-refractivity contribution in [1.82, 2.24) is 10.6 Å². The lowest BCUT2D eigenvalue weighted by Crippen LogP contribution is -2.50. The lowest BCUT2D eigenvalue weighted by Gasteiger charge is -2.27. The van der Waals surface area contributed by atoms with Crippen molar-refractivity contribution in [3.63, 3.8) is 0 Å². The molecule has 0 spiro atoms. The Kier molecular flexibility index (Phi) is 5.80. The highest BCUT2D eigenvalue weighted by atomic mass is 16.6. The van der Waals surface area contributed by atoms with Crippen LogP contribution in [0.1, 0.15) is 53.4 Å². The van der Waals surface area contributed by atoms with Crippen LogP contribution in [0.3, 0.4) is 0 Å². The van der Waals surface area contributed by atoms with E-state index in [1.807, 2.05) is 0 Å². The number of hydrogen-bond donors (Lipinski definition) is 3. The minimum absolute atomic E-state index is 0.0776. The Balaban J connectivity index is 2.34. The van der Waals surface area contributed by atoms with Gasteiger partial charge in [0.25, 0.3) is 0 Å². The first-order valence-electron chi connectivity index (χ1n) is 7.15. The highest BCUT2D eigenvalue weighted by molar-refractivity contribution is 5.85. The summed E-state index contributed by atoms with van der Waals surface area (Å²) in [6.07, 6.45) is 2.11. The van der Waals surface area contributed by atoms with Crippen LogP contribution in [0.5, 0.6) is 0 Å². The average Bonchev–Trinajstić information content (AvgIpc) is 2.29. The molecule has 1 unspecified atom stereocenters. The number of carbonyl (C=O) groups excluding carboxylic acids is 2. The fourth-order valence-corrected chi connectivity index (χ4v) is 2.10. The van der Waals surface area contributed by atoms with Crippen LogP contribution >= 0.6 is 0 Å². The van der Waals surface area contributed by atoms with E-state index in [0.29, 0.717) is 12.8 Å². The lowest BCUT2D eigenvalue weighted by atomic mass is 9.93. The number of alkyl carbamates (subject to hydrolysis) is 1. The van der Waals surface area contributed by atoms with Crippen LogP contribution in [0, 0.1) is 0 Å². The van der Waals surface area contributed by atoms with Gasteiger partial charge in [0.2, 0.25) is 5.91 Å². The topological polar surface area (TPSA) is 87.7 Å². The van der Waals surface area contributed by atoms with Gasteiger partial charge in [0.05, 0.1) is 6.10 Å². The van der Waals surface area contributed by atoms with Crippen LogP contribution in [-0.4, -0.2) is 40.9 Å². The molecule has 116 valence electrons. The van der Waals surface area contributed by atoms with Crippen LogP contribution in [0.2, 0.25) is 0 Å². The average molecular weight is 286 g/mol. The summed E-state index contributed by atoms with van der Waals surface area (Å²) in [6, 6.07) is -0.564. The molecule has 0 aromatic carbocycles. The molecule has 0 saturated heterocycles. The molecule has 0 aliphatic heterocycles. The van der Waals surface area contributed by atoms with E-state index in [-0.39, 0.29) is 18.1 Å². The number of ether oxygens (including phenoxy) is 1. The summed E-state index contributed by atoms with van der Waals surface area (Å²) in [5.41, 5.74) is -0.584. The van der Waals surface area contributed by atoms with Crippen molar-refractivity contribution in [3.8, 4) is 0 Å². The molecule has 1 saturated carbocycles. The van der Waals surface area contributed by atoms with Gasteiger partial charge >= 0.3 is 6.09 Å². The van der Waals surface area contributed by atoms with Gasteiger partial charge in [-0.3, -0.25) is 4.79 Å². The van der Waals surface area contributed by atoms with E-state index in [2.05, 4.69) is 10.6 Å². The summed E-state index contributed by atoms with van der Waals surface area (Å²) < 4.78 is 5.10. The molecule has 1 atom stereocenters. The second-order valence-corrected chi connectivity index (χ2v) is 6.38. The van der Waals surface area contributed by atoms with Crippen molar-refractivity contribution >= 4 is 12.0 Å². The molecule has 2 amide bonds. The Morgan fingerprint density at radius 1 is 1.20 bits per heavy atom. The number of hydrogen-bond acceptors (Lipinski definition) is 4. The molecule has 1 fully saturated rings. The summed E-state index contributed by atoms with van der Waals surface area (Å²) in [6.45, 7) is 6.93. The standard InChI is InChI=1S/C14H26N2O4/c1-9(15-13(19)20-14(2,3)4)12(18)16-10-5-7-11(17)8-6-10/h9-11,17H,5-8H2,1-4H3,(H,15,19)(H,16,18). The van der Waals surface area contributed by atoms with E-state index < -0.39 is 17.7 Å². The van der Waals surface area contributed by atoms with Gasteiger partial charge in [0.15, 0.2) is 0 Å². The van der Waals surface area contributed by atoms with Crippen LogP contribution in [0.25, 0.3) is 0 Å². The van der Waals surface area contributed by atoms with Crippen molar-refractivity contribution in [1.29, 1.82) is 0 Å². The van der Waals surface area contributed by atoms with Crippen LogP contribution in [-0.2, 0) is 9.53 Å². The number of carbonyl (C=O) groups is 2. The minimum Gasteiger partial charge on any atom is -0.444 e. The lowest BCUT2D eigenvalue weighted by molar-refractivity contribution is -0.123. The summed E-state index contributed by atoms with van der Waals surface area (Å²) in [5, 5.41) is 14.8. The van der Waals surface area contributed by atoms with Gasteiger partial charge in [-0.2, -0.15) is 0 Å². The Hall–Kier alpha value is -1.30. The van der Waals surface area contributed by atoms with Gasteiger partial charge in [-0.1, -0.05) is 0 Å². The monoisotopic (exact) mass is 286 g/mol. The van der Waals surface area contributed by atoms with Gasteiger partial charge in [0, 0.05) is 6.04 Å². The van der Waals surface area contributed by atoms with Crippen molar-refractivity contribution in [2.24, 2.45) is 0 Å². The second kappa shape index (κ2) is 6.92. The molecule has 6 heteroatoms. The highest BCUT2D eigenvalue weighted by Crippen LogP contribution is 2.18. The first kappa shape index (κ1) is 16.8. The summed E-state index contributed by atoms with van der Waals surface area (Å²) in [7, 11) is 0. The third-order valence-electron chi connectivity index (χ3n) is 3.17. The van der Waals surface area contributed by atoms with Crippen LogP contribution in [0.15, 0.2) is 0 Å². The maximum absolute atomic E-state index is 11.9.